The number of amides is 2. The molecule has 1 fully saturated rings. The summed E-state index contributed by atoms with van der Waals surface area (Å²) in [7, 11) is 1.75. The van der Waals surface area contributed by atoms with Gasteiger partial charge in [-0.3, -0.25) is 19.4 Å². The summed E-state index contributed by atoms with van der Waals surface area (Å²) in [5.41, 5.74) is 9.67. The second-order valence-corrected chi connectivity index (χ2v) is 8.90. The average molecular weight is 489 g/mol. The predicted molar refractivity (Wildman–Crippen MR) is 140 cm³/mol. The van der Waals surface area contributed by atoms with Crippen LogP contribution in [0.15, 0.2) is 48.4 Å². The van der Waals surface area contributed by atoms with Gasteiger partial charge in [-0.15, -0.1) is 0 Å². The van der Waals surface area contributed by atoms with Crippen LogP contribution in [0.25, 0.3) is 16.8 Å². The Morgan fingerprint density at radius 3 is 2.72 bits per heavy atom. The monoisotopic (exact) mass is 488 g/mol. The molecule has 10 heteroatoms. The van der Waals surface area contributed by atoms with Gasteiger partial charge >= 0.3 is 0 Å². The molecule has 0 radical (unpaired) electrons. The molecule has 5 N–H and O–H groups in total. The van der Waals surface area contributed by atoms with Crippen LogP contribution in [-0.2, 0) is 4.79 Å². The quantitative estimate of drug-likeness (QED) is 0.310. The van der Waals surface area contributed by atoms with Crippen molar-refractivity contribution in [3.05, 3.63) is 59.8 Å². The van der Waals surface area contributed by atoms with Gasteiger partial charge in [-0.1, -0.05) is 19.1 Å². The van der Waals surface area contributed by atoms with Crippen LogP contribution in [0.2, 0.25) is 0 Å². The number of carbonyl (C=O) groups is 2. The fourth-order valence-corrected chi connectivity index (χ4v) is 4.51. The number of nitrogens with zero attached hydrogens (tertiary/aromatic N) is 4. The minimum Gasteiger partial charge on any atom is -0.392 e. The van der Waals surface area contributed by atoms with Crippen LogP contribution < -0.4 is 16.4 Å². The summed E-state index contributed by atoms with van der Waals surface area (Å²) in [4.78, 5) is 36.1. The van der Waals surface area contributed by atoms with Gasteiger partial charge in [0.15, 0.2) is 0 Å². The van der Waals surface area contributed by atoms with E-state index in [0.717, 1.165) is 36.5 Å². The first-order valence-electron chi connectivity index (χ1n) is 12.1. The average Bonchev–Trinajstić information content (AvgIpc) is 3.29. The van der Waals surface area contributed by atoms with Crippen molar-refractivity contribution in [3.63, 3.8) is 0 Å². The minimum atomic E-state index is -0.369. The van der Waals surface area contributed by atoms with E-state index in [0.29, 0.717) is 35.6 Å². The molecule has 0 bridgehead atoms. The summed E-state index contributed by atoms with van der Waals surface area (Å²) >= 11 is 0. The predicted octanol–water partition coefficient (Wildman–Crippen LogP) is 2.92. The summed E-state index contributed by atoms with van der Waals surface area (Å²) in [6, 6.07) is 7.04. The van der Waals surface area contributed by atoms with Crippen molar-refractivity contribution in [1.82, 2.24) is 29.9 Å². The summed E-state index contributed by atoms with van der Waals surface area (Å²) in [5, 5.41) is 13.4. The van der Waals surface area contributed by atoms with Crippen molar-refractivity contribution in [2.24, 2.45) is 0 Å². The topological polar surface area (TPSA) is 142 Å². The molecule has 0 saturated carbocycles. The summed E-state index contributed by atoms with van der Waals surface area (Å²) < 4.78 is 1.97. The van der Waals surface area contributed by atoms with E-state index >= 15 is 0 Å². The Hall–Kier alpha value is -4.21. The van der Waals surface area contributed by atoms with Gasteiger partial charge in [0, 0.05) is 61.7 Å². The van der Waals surface area contributed by atoms with E-state index in [1.54, 1.807) is 31.5 Å². The molecule has 2 amide bonds. The molecule has 36 heavy (non-hydrogen) atoms. The van der Waals surface area contributed by atoms with E-state index in [9.17, 15) is 9.59 Å². The Labute approximate surface area is 210 Å². The third-order valence-corrected chi connectivity index (χ3v) is 6.48. The number of rotatable bonds is 6. The Balaban J connectivity index is 1.64. The number of imidazole rings is 1. The van der Waals surface area contributed by atoms with Crippen molar-refractivity contribution < 1.29 is 9.59 Å². The zero-order chi connectivity index (χ0) is 25.8. The molecule has 0 aliphatic carbocycles. The van der Waals surface area contributed by atoms with Crippen LogP contribution in [0.4, 0.5) is 5.82 Å². The third kappa shape index (κ3) is 5.07. The van der Waals surface area contributed by atoms with Crippen LogP contribution >= 0.6 is 0 Å². The maximum absolute atomic E-state index is 12.6. The van der Waals surface area contributed by atoms with E-state index in [1.165, 1.54) is 0 Å². The number of allylic oxidation sites excluding steroid dienone is 1. The van der Waals surface area contributed by atoms with Gasteiger partial charge in [-0.2, -0.15) is 0 Å². The van der Waals surface area contributed by atoms with Crippen LogP contribution in [0, 0.1) is 5.41 Å². The molecule has 188 valence electrons. The molecule has 2 aromatic heterocycles. The molecule has 0 unspecified atom stereocenters. The van der Waals surface area contributed by atoms with Crippen molar-refractivity contribution in [1.29, 1.82) is 5.41 Å². The second-order valence-electron chi connectivity index (χ2n) is 8.90. The maximum Gasteiger partial charge on any atom is 0.256 e. The molecule has 1 saturated heterocycles. The number of piperidine rings is 1. The molecule has 3 heterocycles. The number of aromatic nitrogens is 3. The van der Waals surface area contributed by atoms with E-state index in [4.69, 9.17) is 16.1 Å². The lowest BCUT2D eigenvalue weighted by atomic mass is 9.97. The number of carbonyl (C=O) groups excluding carboxylic acids is 2. The number of likely N-dealkylation sites (tertiary alicyclic amines) is 1. The van der Waals surface area contributed by atoms with Gasteiger partial charge in [0.1, 0.15) is 28.7 Å². The zero-order valence-electron chi connectivity index (χ0n) is 20.8. The van der Waals surface area contributed by atoms with Gasteiger partial charge in [-0.25, -0.2) is 9.97 Å². The standard InChI is InChI=1S/C26H32N8O2/c1-4-21(35)33-12-5-6-19(15-33)25-32-22(23-24(28)30-11-13-34(23)25)17-7-9-18(10-8-17)26(36)31-20(27)14-16(2)29-3/h7-11,13-14,19,29H,4-6,12,15H2,1-3H3,(H2,28,30)(H2,27,31,36)/b16-14-/t19-/m1/s1. The van der Waals surface area contributed by atoms with E-state index in [-0.39, 0.29) is 23.6 Å². The van der Waals surface area contributed by atoms with Gasteiger partial charge in [-0.05, 0) is 38.0 Å². The van der Waals surface area contributed by atoms with Crippen molar-refractivity contribution in [3.8, 4) is 11.3 Å². The van der Waals surface area contributed by atoms with Crippen LogP contribution in [0.3, 0.4) is 0 Å². The van der Waals surface area contributed by atoms with E-state index < -0.39 is 0 Å². The number of fused-ring (bicyclic) bond motifs is 1. The van der Waals surface area contributed by atoms with E-state index in [1.807, 2.05) is 41.5 Å². The number of amidine groups is 1. The molecule has 1 aliphatic rings. The smallest absolute Gasteiger partial charge is 0.256 e. The van der Waals surface area contributed by atoms with Gasteiger partial charge in [0.2, 0.25) is 5.91 Å². The molecule has 1 aliphatic heterocycles. The van der Waals surface area contributed by atoms with Gasteiger partial charge in [0.05, 0.1) is 0 Å². The first-order valence-corrected chi connectivity index (χ1v) is 12.1. The molecule has 3 aromatic rings. The Morgan fingerprint density at radius 2 is 2.03 bits per heavy atom. The molecule has 1 atom stereocenters. The molecule has 4 rings (SSSR count). The molecular formula is C26H32N8O2. The Bertz CT molecular complexity index is 1330. The number of nitrogen functional groups attached to an aromatic ring is 1. The van der Waals surface area contributed by atoms with E-state index in [2.05, 4.69) is 15.6 Å². The number of hydrogen-bond acceptors (Lipinski definition) is 7. The lowest BCUT2D eigenvalue weighted by Gasteiger charge is -2.32. The fourth-order valence-electron chi connectivity index (χ4n) is 4.51. The lowest BCUT2D eigenvalue weighted by molar-refractivity contribution is -0.132. The number of nitrogens with one attached hydrogen (secondary N) is 3. The maximum atomic E-state index is 12.6. The van der Waals surface area contributed by atoms with Gasteiger partial charge in [0.25, 0.3) is 5.91 Å². The molecule has 10 nitrogen and oxygen atoms in total. The number of nitrogens with two attached hydrogens (primary N) is 1. The third-order valence-electron chi connectivity index (χ3n) is 6.48. The van der Waals surface area contributed by atoms with Crippen LogP contribution in [0.1, 0.15) is 55.2 Å². The molecule has 1 aromatic carbocycles. The van der Waals surface area contributed by atoms with Crippen LogP contribution in [0.5, 0.6) is 0 Å². The summed E-state index contributed by atoms with van der Waals surface area (Å²) in [5.74, 6) is 1.09. The second kappa shape index (κ2) is 10.6. The Kier molecular flexibility index (Phi) is 7.33. The van der Waals surface area contributed by atoms with Crippen molar-refractivity contribution in [2.45, 2.75) is 39.0 Å². The minimum absolute atomic E-state index is 0.00240. The number of benzene rings is 1. The molecular weight excluding hydrogens is 456 g/mol. The zero-order valence-corrected chi connectivity index (χ0v) is 20.8. The molecule has 0 spiro atoms. The fraction of sp³-hybridized carbons (Fsp3) is 0.346. The highest BCUT2D eigenvalue weighted by Crippen LogP contribution is 2.34. The SMILES string of the molecule is CCC(=O)N1CCC[C@@H](c2nc(-c3ccc(C(=O)NC(=N)/C=C(/C)NC)cc3)c3c(N)nccn23)C1. The number of hydrogen-bond donors (Lipinski definition) is 4. The van der Waals surface area contributed by atoms with Crippen molar-refractivity contribution >= 4 is 29.0 Å². The Morgan fingerprint density at radius 1 is 1.28 bits per heavy atom. The first kappa shape index (κ1) is 24.9. The number of anilines is 1. The van der Waals surface area contributed by atoms with Gasteiger partial charge < -0.3 is 21.3 Å². The highest BCUT2D eigenvalue weighted by atomic mass is 16.2. The van der Waals surface area contributed by atoms with Crippen LogP contribution in [-0.4, -0.2) is 57.1 Å². The summed E-state index contributed by atoms with van der Waals surface area (Å²) in [6.07, 6.45) is 7.39. The highest BCUT2D eigenvalue weighted by molar-refractivity contribution is 6.09. The normalized spacial score (nSPS) is 16.1. The summed E-state index contributed by atoms with van der Waals surface area (Å²) in [6.45, 7) is 5.09. The lowest BCUT2D eigenvalue weighted by Crippen LogP contribution is -2.39. The highest BCUT2D eigenvalue weighted by Gasteiger charge is 2.28. The largest absolute Gasteiger partial charge is 0.392 e. The first-order chi connectivity index (χ1) is 17.3. The van der Waals surface area contributed by atoms with Crippen molar-refractivity contribution in [2.75, 3.05) is 25.9 Å².